The van der Waals surface area contributed by atoms with Crippen LogP contribution in [0.3, 0.4) is 0 Å². The second-order valence-corrected chi connectivity index (χ2v) is 4.01. The summed E-state index contributed by atoms with van der Waals surface area (Å²) >= 11 is 0. The molecule has 0 saturated heterocycles. The summed E-state index contributed by atoms with van der Waals surface area (Å²) in [5, 5.41) is 12.3. The molecule has 0 fully saturated rings. The van der Waals surface area contributed by atoms with Gasteiger partial charge in [-0.3, -0.25) is 4.79 Å². The predicted octanol–water partition coefficient (Wildman–Crippen LogP) is 0.796. The lowest BCUT2D eigenvalue weighted by Gasteiger charge is -2.07. The van der Waals surface area contributed by atoms with Crippen LogP contribution in [0.15, 0.2) is 18.2 Å². The van der Waals surface area contributed by atoms with Crippen LogP contribution in [0, 0.1) is 6.92 Å². The number of phenolic OH excluding ortho intramolecular Hbond substituents is 1. The number of benzene rings is 1. The third-order valence-corrected chi connectivity index (χ3v) is 2.48. The number of carbonyl (C=O) groups is 1. The first-order valence-corrected chi connectivity index (χ1v) is 6.00. The second kappa shape index (κ2) is 7.68. The van der Waals surface area contributed by atoms with Crippen LogP contribution in [0.5, 0.6) is 5.75 Å². The molecule has 0 saturated carbocycles. The number of aromatic hydroxyl groups is 1. The van der Waals surface area contributed by atoms with Crippen LogP contribution in [0.25, 0.3) is 0 Å². The molecule has 0 aromatic heterocycles. The van der Waals surface area contributed by atoms with Gasteiger partial charge in [-0.1, -0.05) is 6.07 Å². The Balaban J connectivity index is 2.30. The molecule has 0 radical (unpaired) electrons. The molecule has 5 nitrogen and oxygen atoms in total. The smallest absolute Gasteiger partial charge is 0.251 e. The van der Waals surface area contributed by atoms with Gasteiger partial charge in [0.25, 0.3) is 5.91 Å². The summed E-state index contributed by atoms with van der Waals surface area (Å²) in [5.74, 6) is -0.0574. The first-order valence-electron chi connectivity index (χ1n) is 6.00. The summed E-state index contributed by atoms with van der Waals surface area (Å²) in [6.07, 6.45) is 0.740. The molecule has 0 atom stereocenters. The zero-order chi connectivity index (χ0) is 13.4. The summed E-state index contributed by atoms with van der Waals surface area (Å²) in [5.41, 5.74) is 6.49. The van der Waals surface area contributed by atoms with Crippen molar-refractivity contribution in [3.05, 3.63) is 29.3 Å². The first-order chi connectivity index (χ1) is 8.65. The van der Waals surface area contributed by atoms with Gasteiger partial charge < -0.3 is 20.9 Å². The maximum Gasteiger partial charge on any atom is 0.251 e. The summed E-state index contributed by atoms with van der Waals surface area (Å²) in [6, 6.07) is 4.87. The van der Waals surface area contributed by atoms with Gasteiger partial charge in [0.2, 0.25) is 0 Å². The highest BCUT2D eigenvalue weighted by Gasteiger charge is 2.06. The lowest BCUT2D eigenvalue weighted by molar-refractivity contribution is 0.0942. The van der Waals surface area contributed by atoms with E-state index in [1.807, 2.05) is 0 Å². The molecule has 5 heteroatoms. The number of hydrogen-bond donors (Lipinski definition) is 3. The largest absolute Gasteiger partial charge is 0.508 e. The SMILES string of the molecule is Cc1ccc(C(=O)NCCCOCCN)cc1O. The molecule has 4 N–H and O–H groups in total. The van der Waals surface area contributed by atoms with Crippen molar-refractivity contribution in [1.29, 1.82) is 0 Å². The summed E-state index contributed by atoms with van der Waals surface area (Å²) in [4.78, 5) is 11.7. The van der Waals surface area contributed by atoms with E-state index >= 15 is 0 Å². The van der Waals surface area contributed by atoms with Gasteiger partial charge in [-0.25, -0.2) is 0 Å². The molecular formula is C13H20N2O3. The molecule has 0 bridgehead atoms. The highest BCUT2D eigenvalue weighted by molar-refractivity contribution is 5.94. The maximum atomic E-state index is 11.7. The Bertz CT molecular complexity index is 394. The van der Waals surface area contributed by atoms with Crippen molar-refractivity contribution >= 4 is 5.91 Å². The average molecular weight is 252 g/mol. The van der Waals surface area contributed by atoms with E-state index in [9.17, 15) is 9.90 Å². The Labute approximate surface area is 107 Å². The first kappa shape index (κ1) is 14.5. The van der Waals surface area contributed by atoms with E-state index in [1.54, 1.807) is 19.1 Å². The Morgan fingerprint density at radius 2 is 2.22 bits per heavy atom. The van der Waals surface area contributed by atoms with Gasteiger partial charge in [0.1, 0.15) is 5.75 Å². The molecular weight excluding hydrogens is 232 g/mol. The molecule has 0 aliphatic rings. The van der Waals surface area contributed by atoms with Crippen LogP contribution in [0.1, 0.15) is 22.3 Å². The van der Waals surface area contributed by atoms with Crippen LogP contribution in [0.2, 0.25) is 0 Å². The number of carbonyl (C=O) groups excluding carboxylic acids is 1. The van der Waals surface area contributed by atoms with E-state index in [4.69, 9.17) is 10.5 Å². The third-order valence-electron chi connectivity index (χ3n) is 2.48. The molecule has 1 aromatic rings. The molecule has 0 aliphatic heterocycles. The van der Waals surface area contributed by atoms with Crippen molar-refractivity contribution in [3.63, 3.8) is 0 Å². The molecule has 1 aromatic carbocycles. The Kier molecular flexibility index (Phi) is 6.18. The summed E-state index contributed by atoms with van der Waals surface area (Å²) < 4.78 is 5.19. The van der Waals surface area contributed by atoms with Crippen LogP contribution in [0.4, 0.5) is 0 Å². The lowest BCUT2D eigenvalue weighted by atomic mass is 10.1. The quantitative estimate of drug-likeness (QED) is 0.627. The van der Waals surface area contributed by atoms with Gasteiger partial charge in [0.15, 0.2) is 0 Å². The fourth-order valence-corrected chi connectivity index (χ4v) is 1.41. The highest BCUT2D eigenvalue weighted by atomic mass is 16.5. The number of amides is 1. The van der Waals surface area contributed by atoms with Gasteiger partial charge in [-0.15, -0.1) is 0 Å². The van der Waals surface area contributed by atoms with Gasteiger partial charge in [-0.2, -0.15) is 0 Å². The van der Waals surface area contributed by atoms with Crippen molar-refractivity contribution < 1.29 is 14.6 Å². The number of phenols is 1. The Hall–Kier alpha value is -1.59. The van der Waals surface area contributed by atoms with Crippen molar-refractivity contribution in [2.45, 2.75) is 13.3 Å². The van der Waals surface area contributed by atoms with Crippen LogP contribution in [-0.4, -0.2) is 37.3 Å². The van der Waals surface area contributed by atoms with Crippen molar-refractivity contribution in [1.82, 2.24) is 5.32 Å². The number of nitrogens with two attached hydrogens (primary N) is 1. The van der Waals surface area contributed by atoms with E-state index < -0.39 is 0 Å². The van der Waals surface area contributed by atoms with E-state index in [0.29, 0.717) is 31.9 Å². The zero-order valence-electron chi connectivity index (χ0n) is 10.6. The Morgan fingerprint density at radius 3 is 2.89 bits per heavy atom. The molecule has 0 heterocycles. The molecule has 1 rings (SSSR count). The highest BCUT2D eigenvalue weighted by Crippen LogP contribution is 2.17. The Morgan fingerprint density at radius 1 is 1.44 bits per heavy atom. The topological polar surface area (TPSA) is 84.6 Å². The number of ether oxygens (including phenoxy) is 1. The van der Waals surface area contributed by atoms with Crippen molar-refractivity contribution in [2.75, 3.05) is 26.3 Å². The van der Waals surface area contributed by atoms with E-state index in [0.717, 1.165) is 12.0 Å². The second-order valence-electron chi connectivity index (χ2n) is 4.01. The van der Waals surface area contributed by atoms with E-state index in [1.165, 1.54) is 6.07 Å². The molecule has 18 heavy (non-hydrogen) atoms. The average Bonchev–Trinajstić information content (AvgIpc) is 2.36. The summed E-state index contributed by atoms with van der Waals surface area (Å²) in [7, 11) is 0. The van der Waals surface area contributed by atoms with Gasteiger partial charge >= 0.3 is 0 Å². The normalized spacial score (nSPS) is 10.3. The predicted molar refractivity (Wildman–Crippen MR) is 69.7 cm³/mol. The minimum absolute atomic E-state index is 0.133. The molecule has 0 aliphatic carbocycles. The molecule has 0 unspecified atom stereocenters. The molecule has 1 amide bonds. The van der Waals surface area contributed by atoms with Gasteiger partial charge in [0, 0.05) is 25.3 Å². The van der Waals surface area contributed by atoms with E-state index in [-0.39, 0.29) is 11.7 Å². The standard InChI is InChI=1S/C13H20N2O3/c1-10-3-4-11(9-12(10)16)13(17)15-6-2-7-18-8-5-14/h3-4,9,16H,2,5-8,14H2,1H3,(H,15,17). The number of rotatable bonds is 7. The summed E-state index contributed by atoms with van der Waals surface area (Å²) in [6.45, 7) is 3.95. The molecule has 0 spiro atoms. The fourth-order valence-electron chi connectivity index (χ4n) is 1.41. The van der Waals surface area contributed by atoms with Crippen LogP contribution in [-0.2, 0) is 4.74 Å². The van der Waals surface area contributed by atoms with Gasteiger partial charge in [-0.05, 0) is 31.0 Å². The van der Waals surface area contributed by atoms with Crippen LogP contribution < -0.4 is 11.1 Å². The van der Waals surface area contributed by atoms with E-state index in [2.05, 4.69) is 5.32 Å². The minimum atomic E-state index is -0.191. The van der Waals surface area contributed by atoms with Crippen molar-refractivity contribution in [3.8, 4) is 5.75 Å². The monoisotopic (exact) mass is 252 g/mol. The van der Waals surface area contributed by atoms with Crippen molar-refractivity contribution in [2.24, 2.45) is 5.73 Å². The number of aryl methyl sites for hydroxylation is 1. The third kappa shape index (κ3) is 4.73. The minimum Gasteiger partial charge on any atom is -0.508 e. The number of nitrogens with one attached hydrogen (secondary N) is 1. The molecule has 100 valence electrons. The van der Waals surface area contributed by atoms with Crippen LogP contribution >= 0.6 is 0 Å². The zero-order valence-corrected chi connectivity index (χ0v) is 10.6. The maximum absolute atomic E-state index is 11.7. The van der Waals surface area contributed by atoms with Gasteiger partial charge in [0.05, 0.1) is 6.61 Å². The fraction of sp³-hybridized carbons (Fsp3) is 0.462. The number of hydrogen-bond acceptors (Lipinski definition) is 4. The lowest BCUT2D eigenvalue weighted by Crippen LogP contribution is -2.25.